The lowest BCUT2D eigenvalue weighted by Crippen LogP contribution is -2.37. The minimum Gasteiger partial charge on any atom is -0.451 e. The molecule has 0 heterocycles. The average Bonchev–Trinajstić information content (AvgIpc) is 2.38. The Morgan fingerprint density at radius 2 is 1.95 bits per heavy atom. The zero-order valence-corrected chi connectivity index (χ0v) is 13.5. The highest BCUT2D eigenvalue weighted by molar-refractivity contribution is 6.35. The van der Waals surface area contributed by atoms with Gasteiger partial charge >= 0.3 is 5.97 Å². The molecule has 7 heteroatoms. The fraction of sp³-hybridized carbons (Fsp3) is 0.429. The first-order valence-electron chi connectivity index (χ1n) is 6.29. The summed E-state index contributed by atoms with van der Waals surface area (Å²) in [7, 11) is 1.37. The number of amides is 1. The molecule has 0 aromatic heterocycles. The molecule has 1 amide bonds. The number of halogens is 2. The Morgan fingerprint density at radius 1 is 1.29 bits per heavy atom. The number of hydrogen-bond donors (Lipinski definition) is 1. The lowest BCUT2D eigenvalue weighted by Gasteiger charge is -2.19. The third-order valence-electron chi connectivity index (χ3n) is 2.73. The van der Waals surface area contributed by atoms with E-state index in [9.17, 15) is 9.59 Å². The lowest BCUT2D eigenvalue weighted by atomic mass is 10.1. The highest BCUT2D eigenvalue weighted by Crippen LogP contribution is 2.26. The van der Waals surface area contributed by atoms with E-state index in [1.807, 2.05) is 0 Å². The molecule has 1 N–H and O–H groups in total. The van der Waals surface area contributed by atoms with Gasteiger partial charge in [-0.15, -0.1) is 0 Å². The zero-order chi connectivity index (χ0) is 16.0. The third-order valence-corrected chi connectivity index (χ3v) is 3.29. The van der Waals surface area contributed by atoms with Crippen LogP contribution in [0, 0.1) is 0 Å². The summed E-state index contributed by atoms with van der Waals surface area (Å²) in [5.74, 6) is -1.02. The van der Waals surface area contributed by atoms with E-state index in [2.05, 4.69) is 10.1 Å². The van der Waals surface area contributed by atoms with E-state index in [0.717, 1.165) is 5.56 Å². The Bertz CT molecular complexity index is 522. The van der Waals surface area contributed by atoms with E-state index in [1.54, 1.807) is 25.1 Å². The van der Waals surface area contributed by atoms with Crippen molar-refractivity contribution in [2.75, 3.05) is 13.7 Å². The Labute approximate surface area is 133 Å². The van der Waals surface area contributed by atoms with Crippen LogP contribution in [0.2, 0.25) is 10.0 Å². The molecule has 0 radical (unpaired) electrons. The molecule has 0 saturated heterocycles. The lowest BCUT2D eigenvalue weighted by molar-refractivity contribution is -0.158. The molecule has 2 atom stereocenters. The van der Waals surface area contributed by atoms with Gasteiger partial charge in [0, 0.05) is 17.2 Å². The second-order valence-corrected chi connectivity index (χ2v) is 5.30. The fourth-order valence-corrected chi connectivity index (χ4v) is 2.24. The van der Waals surface area contributed by atoms with Crippen molar-refractivity contribution in [1.82, 2.24) is 5.32 Å². The van der Waals surface area contributed by atoms with Gasteiger partial charge in [-0.25, -0.2) is 4.79 Å². The molecule has 0 aliphatic carbocycles. The third kappa shape index (κ3) is 5.53. The molecule has 1 rings (SSSR count). The largest absolute Gasteiger partial charge is 0.451 e. The van der Waals surface area contributed by atoms with Crippen molar-refractivity contribution >= 4 is 35.1 Å². The second kappa shape index (κ2) is 8.22. The van der Waals surface area contributed by atoms with E-state index in [4.69, 9.17) is 27.9 Å². The molecule has 0 bridgehead atoms. The van der Waals surface area contributed by atoms with Crippen LogP contribution in [0.4, 0.5) is 0 Å². The molecule has 116 valence electrons. The molecule has 1 aromatic carbocycles. The summed E-state index contributed by atoms with van der Waals surface area (Å²) in [5.41, 5.74) is 0.727. The molecular formula is C14H17Cl2NO4. The van der Waals surface area contributed by atoms with Crippen LogP contribution in [0.1, 0.15) is 25.5 Å². The maximum absolute atomic E-state index is 11.9. The van der Waals surface area contributed by atoms with Gasteiger partial charge in [-0.05, 0) is 31.5 Å². The summed E-state index contributed by atoms with van der Waals surface area (Å²) < 4.78 is 9.53. The van der Waals surface area contributed by atoms with Gasteiger partial charge in [0.05, 0.1) is 6.04 Å². The smallest absolute Gasteiger partial charge is 0.332 e. The molecule has 0 spiro atoms. The number of hydrogen-bond acceptors (Lipinski definition) is 4. The quantitative estimate of drug-likeness (QED) is 0.813. The zero-order valence-electron chi connectivity index (χ0n) is 12.0. The highest BCUT2D eigenvalue weighted by Gasteiger charge is 2.20. The van der Waals surface area contributed by atoms with Crippen LogP contribution >= 0.6 is 23.2 Å². The minimum absolute atomic E-state index is 0.198. The van der Waals surface area contributed by atoms with Gasteiger partial charge in [0.2, 0.25) is 0 Å². The van der Waals surface area contributed by atoms with Gasteiger partial charge in [-0.1, -0.05) is 29.3 Å². The van der Waals surface area contributed by atoms with Crippen LogP contribution < -0.4 is 5.32 Å². The fourth-order valence-electron chi connectivity index (χ4n) is 1.66. The summed E-state index contributed by atoms with van der Waals surface area (Å²) in [5, 5.41) is 3.69. The number of methoxy groups -OCH3 is 1. The molecule has 0 unspecified atom stereocenters. The first-order valence-corrected chi connectivity index (χ1v) is 7.04. The van der Waals surface area contributed by atoms with Crippen molar-refractivity contribution in [2.45, 2.75) is 26.0 Å². The van der Waals surface area contributed by atoms with E-state index in [-0.39, 0.29) is 12.6 Å². The van der Waals surface area contributed by atoms with E-state index < -0.39 is 18.0 Å². The average molecular weight is 334 g/mol. The van der Waals surface area contributed by atoms with Crippen LogP contribution in [0.25, 0.3) is 0 Å². The van der Waals surface area contributed by atoms with Crippen LogP contribution in [0.15, 0.2) is 18.2 Å². The summed E-state index contributed by atoms with van der Waals surface area (Å²) in [6.45, 7) is 3.06. The number of carbonyl (C=O) groups is 2. The topological polar surface area (TPSA) is 64.6 Å². The number of esters is 1. The maximum atomic E-state index is 11.9. The van der Waals surface area contributed by atoms with Crippen LogP contribution in [0.3, 0.4) is 0 Å². The molecule has 5 nitrogen and oxygen atoms in total. The first kappa shape index (κ1) is 17.8. The Morgan fingerprint density at radius 3 is 2.52 bits per heavy atom. The summed E-state index contributed by atoms with van der Waals surface area (Å²) >= 11 is 11.9. The number of benzene rings is 1. The van der Waals surface area contributed by atoms with E-state index in [0.29, 0.717) is 10.0 Å². The molecule has 21 heavy (non-hydrogen) atoms. The predicted octanol–water partition coefficient (Wildman–Crippen LogP) is 2.75. The summed E-state index contributed by atoms with van der Waals surface area (Å²) in [6, 6.07) is 4.68. The highest BCUT2D eigenvalue weighted by atomic mass is 35.5. The summed E-state index contributed by atoms with van der Waals surface area (Å²) in [6.07, 6.45) is -0.916. The van der Waals surface area contributed by atoms with E-state index in [1.165, 1.54) is 14.0 Å². The van der Waals surface area contributed by atoms with Crippen molar-refractivity contribution in [3.63, 3.8) is 0 Å². The van der Waals surface area contributed by atoms with Crippen molar-refractivity contribution in [1.29, 1.82) is 0 Å². The number of ether oxygens (including phenoxy) is 2. The maximum Gasteiger partial charge on any atom is 0.332 e. The van der Waals surface area contributed by atoms with Gasteiger partial charge < -0.3 is 14.8 Å². The van der Waals surface area contributed by atoms with E-state index >= 15 is 0 Å². The van der Waals surface area contributed by atoms with Crippen LogP contribution in [0.5, 0.6) is 0 Å². The van der Waals surface area contributed by atoms with Crippen molar-refractivity contribution in [3.05, 3.63) is 33.8 Å². The van der Waals surface area contributed by atoms with Crippen molar-refractivity contribution in [2.24, 2.45) is 0 Å². The normalized spacial score (nSPS) is 13.4. The molecular weight excluding hydrogens is 317 g/mol. The van der Waals surface area contributed by atoms with Gasteiger partial charge in [0.15, 0.2) is 6.10 Å². The molecule has 0 fully saturated rings. The van der Waals surface area contributed by atoms with Gasteiger partial charge in [-0.2, -0.15) is 0 Å². The minimum atomic E-state index is -0.916. The van der Waals surface area contributed by atoms with Gasteiger partial charge in [0.25, 0.3) is 5.91 Å². The predicted molar refractivity (Wildman–Crippen MR) is 80.4 cm³/mol. The molecule has 1 aromatic rings. The van der Waals surface area contributed by atoms with Crippen molar-refractivity contribution < 1.29 is 19.1 Å². The first-order chi connectivity index (χ1) is 9.85. The Balaban J connectivity index is 2.63. The number of rotatable bonds is 6. The second-order valence-electron chi connectivity index (χ2n) is 4.46. The Hall–Kier alpha value is -1.30. The van der Waals surface area contributed by atoms with Gasteiger partial charge in [-0.3, -0.25) is 4.79 Å². The standard InChI is InChI=1S/C14H17Cl2NO4/c1-8(11-5-4-10(15)6-12(11)16)17-14(19)9(2)21-13(18)7-20-3/h4-6,8-9H,7H2,1-3H3,(H,17,19)/t8-,9-/m0/s1. The summed E-state index contributed by atoms with van der Waals surface area (Å²) in [4.78, 5) is 23.2. The van der Waals surface area contributed by atoms with Crippen LogP contribution in [-0.2, 0) is 19.1 Å². The Kier molecular flexibility index (Phi) is 6.95. The molecule has 0 aliphatic heterocycles. The van der Waals surface area contributed by atoms with Crippen molar-refractivity contribution in [3.8, 4) is 0 Å². The van der Waals surface area contributed by atoms with Crippen LogP contribution in [-0.4, -0.2) is 31.7 Å². The monoisotopic (exact) mass is 333 g/mol. The molecule has 0 saturated carbocycles. The number of nitrogens with one attached hydrogen (secondary N) is 1. The number of carbonyl (C=O) groups excluding carboxylic acids is 2. The molecule has 0 aliphatic rings. The SMILES string of the molecule is COCC(=O)O[C@@H](C)C(=O)N[C@@H](C)c1ccc(Cl)cc1Cl. The van der Waals surface area contributed by atoms with Gasteiger partial charge in [0.1, 0.15) is 6.61 Å².